The number of amides is 3. The van der Waals surface area contributed by atoms with Crippen molar-refractivity contribution in [2.75, 3.05) is 26.2 Å². The number of urea groups is 1. The molecule has 2 N–H and O–H groups in total. The standard InChI is InChI=1S/C18H28BrN3O2/c19-18-9-13-6-14(10-18)8-17(7-13,12-18)11-15(23)21-2-1-3-22(5-4-21)16(20)24/h13-14H,1-12H2,(H2,20,24)/t13-,14-,17?,18?/m1/s1. The van der Waals surface area contributed by atoms with E-state index in [1.54, 1.807) is 4.90 Å². The molecule has 5 fully saturated rings. The predicted molar refractivity (Wildman–Crippen MR) is 95.7 cm³/mol. The SMILES string of the molecule is NC(=O)N1CCCN(C(=O)CC23C[C@H]4C[C@@H](CC(Br)(C4)C2)C3)CC1. The van der Waals surface area contributed by atoms with Crippen molar-refractivity contribution in [1.29, 1.82) is 0 Å². The number of nitrogens with two attached hydrogens (primary N) is 1. The highest BCUT2D eigenvalue weighted by Crippen LogP contribution is 2.65. The number of hydrogen-bond donors (Lipinski definition) is 1. The predicted octanol–water partition coefficient (Wildman–Crippen LogP) is 2.72. The van der Waals surface area contributed by atoms with Gasteiger partial charge in [0, 0.05) is 36.9 Å². The van der Waals surface area contributed by atoms with E-state index in [0.717, 1.165) is 24.8 Å². The molecule has 4 aliphatic carbocycles. The van der Waals surface area contributed by atoms with Crippen LogP contribution in [0.5, 0.6) is 0 Å². The van der Waals surface area contributed by atoms with Gasteiger partial charge in [0.2, 0.25) is 5.91 Å². The Morgan fingerprint density at radius 3 is 2.25 bits per heavy atom. The van der Waals surface area contributed by atoms with Crippen molar-refractivity contribution in [1.82, 2.24) is 9.80 Å². The summed E-state index contributed by atoms with van der Waals surface area (Å²) in [6, 6.07) is -0.369. The van der Waals surface area contributed by atoms with Crippen LogP contribution in [0.2, 0.25) is 0 Å². The second-order valence-corrected chi connectivity index (χ2v) is 10.5. The molecule has 0 unspecified atom stereocenters. The van der Waals surface area contributed by atoms with Crippen molar-refractivity contribution in [3.05, 3.63) is 0 Å². The summed E-state index contributed by atoms with van der Waals surface area (Å²) >= 11 is 4.03. The molecule has 5 aliphatic rings. The number of alkyl halides is 1. The molecule has 0 aromatic heterocycles. The zero-order chi connectivity index (χ0) is 16.9. The van der Waals surface area contributed by atoms with Gasteiger partial charge in [0.05, 0.1) is 0 Å². The number of carbonyl (C=O) groups is 2. The Morgan fingerprint density at radius 1 is 1.00 bits per heavy atom. The largest absolute Gasteiger partial charge is 0.351 e. The van der Waals surface area contributed by atoms with Crippen LogP contribution in [0.3, 0.4) is 0 Å². The van der Waals surface area contributed by atoms with Crippen LogP contribution in [0.4, 0.5) is 4.79 Å². The first-order chi connectivity index (χ1) is 11.4. The van der Waals surface area contributed by atoms with Gasteiger partial charge in [-0.25, -0.2) is 4.79 Å². The van der Waals surface area contributed by atoms with E-state index in [-0.39, 0.29) is 11.4 Å². The Morgan fingerprint density at radius 2 is 1.62 bits per heavy atom. The number of carbonyl (C=O) groups excluding carboxylic acids is 2. The van der Waals surface area contributed by atoms with Gasteiger partial charge < -0.3 is 15.5 Å². The van der Waals surface area contributed by atoms with E-state index >= 15 is 0 Å². The molecular formula is C18H28BrN3O2. The highest BCUT2D eigenvalue weighted by molar-refractivity contribution is 9.10. The summed E-state index contributed by atoms with van der Waals surface area (Å²) in [4.78, 5) is 28.0. The van der Waals surface area contributed by atoms with Gasteiger partial charge in [0.25, 0.3) is 0 Å². The first kappa shape index (κ1) is 16.7. The summed E-state index contributed by atoms with van der Waals surface area (Å²) in [5, 5.41) is 0. The summed E-state index contributed by atoms with van der Waals surface area (Å²) < 4.78 is 0.304. The van der Waals surface area contributed by atoms with Crippen molar-refractivity contribution in [2.45, 2.75) is 55.7 Å². The van der Waals surface area contributed by atoms with Gasteiger partial charge in [-0.1, -0.05) is 15.9 Å². The van der Waals surface area contributed by atoms with Crippen molar-refractivity contribution in [3.63, 3.8) is 0 Å². The van der Waals surface area contributed by atoms with Crippen LogP contribution in [0, 0.1) is 17.3 Å². The molecule has 0 aromatic carbocycles. The average Bonchev–Trinajstić information content (AvgIpc) is 2.69. The average molecular weight is 398 g/mol. The smallest absolute Gasteiger partial charge is 0.314 e. The van der Waals surface area contributed by atoms with E-state index in [1.165, 1.54) is 38.5 Å². The molecule has 2 atom stereocenters. The fraction of sp³-hybridized carbons (Fsp3) is 0.889. The van der Waals surface area contributed by atoms with Gasteiger partial charge in [-0.05, 0) is 62.2 Å². The van der Waals surface area contributed by atoms with Crippen LogP contribution in [0.25, 0.3) is 0 Å². The van der Waals surface area contributed by atoms with Crippen LogP contribution in [-0.2, 0) is 4.79 Å². The molecule has 4 saturated carbocycles. The maximum absolute atomic E-state index is 13.0. The second kappa shape index (κ2) is 5.89. The monoisotopic (exact) mass is 397 g/mol. The van der Waals surface area contributed by atoms with Crippen LogP contribution in [0.1, 0.15) is 51.4 Å². The first-order valence-electron chi connectivity index (χ1n) is 9.38. The molecule has 5 rings (SSSR count). The van der Waals surface area contributed by atoms with Crippen LogP contribution in [0.15, 0.2) is 0 Å². The maximum Gasteiger partial charge on any atom is 0.314 e. The van der Waals surface area contributed by atoms with Crippen molar-refractivity contribution in [2.24, 2.45) is 23.0 Å². The third-order valence-corrected chi connectivity index (χ3v) is 7.73. The molecule has 4 bridgehead atoms. The summed E-state index contributed by atoms with van der Waals surface area (Å²) in [5.41, 5.74) is 5.61. The molecule has 1 aliphatic heterocycles. The molecular weight excluding hydrogens is 370 g/mol. The highest BCUT2D eigenvalue weighted by Gasteiger charge is 2.57. The quantitative estimate of drug-likeness (QED) is 0.727. The molecule has 6 heteroatoms. The summed E-state index contributed by atoms with van der Waals surface area (Å²) in [7, 11) is 0. The van der Waals surface area contributed by atoms with Crippen molar-refractivity contribution < 1.29 is 9.59 Å². The van der Waals surface area contributed by atoms with E-state index in [2.05, 4.69) is 15.9 Å². The number of nitrogens with zero attached hydrogens (tertiary/aromatic N) is 2. The fourth-order valence-corrected chi connectivity index (χ4v) is 7.87. The summed E-state index contributed by atoms with van der Waals surface area (Å²) in [6.07, 6.45) is 9.15. The number of halogens is 1. The molecule has 3 amide bonds. The van der Waals surface area contributed by atoms with Gasteiger partial charge in [0.1, 0.15) is 0 Å². The normalized spacial score (nSPS) is 41.4. The number of rotatable bonds is 2. The van der Waals surface area contributed by atoms with E-state index in [1.807, 2.05) is 4.90 Å². The molecule has 5 nitrogen and oxygen atoms in total. The third kappa shape index (κ3) is 3.06. The van der Waals surface area contributed by atoms with Crippen LogP contribution < -0.4 is 5.73 Å². The number of hydrogen-bond acceptors (Lipinski definition) is 2. The Labute approximate surface area is 152 Å². The Bertz CT molecular complexity index is 538. The minimum atomic E-state index is -0.369. The Kier molecular flexibility index (Phi) is 4.09. The van der Waals surface area contributed by atoms with E-state index < -0.39 is 0 Å². The van der Waals surface area contributed by atoms with Crippen molar-refractivity contribution >= 4 is 27.9 Å². The molecule has 0 radical (unpaired) electrons. The molecule has 1 saturated heterocycles. The van der Waals surface area contributed by atoms with Gasteiger partial charge in [-0.3, -0.25) is 4.79 Å². The summed E-state index contributed by atoms with van der Waals surface area (Å²) in [6.45, 7) is 2.62. The second-order valence-electron chi connectivity index (χ2n) is 8.85. The van der Waals surface area contributed by atoms with Crippen LogP contribution >= 0.6 is 15.9 Å². The lowest BCUT2D eigenvalue weighted by atomic mass is 9.48. The zero-order valence-corrected chi connectivity index (χ0v) is 15.9. The first-order valence-corrected chi connectivity index (χ1v) is 10.2. The molecule has 1 heterocycles. The van der Waals surface area contributed by atoms with Gasteiger partial charge in [-0.15, -0.1) is 0 Å². The fourth-order valence-electron chi connectivity index (χ4n) is 6.36. The van der Waals surface area contributed by atoms with E-state index in [4.69, 9.17) is 5.73 Å². The number of primary amides is 1. The Balaban J connectivity index is 1.42. The van der Waals surface area contributed by atoms with Crippen LogP contribution in [-0.4, -0.2) is 52.2 Å². The maximum atomic E-state index is 13.0. The van der Waals surface area contributed by atoms with Gasteiger partial charge in [-0.2, -0.15) is 0 Å². The minimum Gasteiger partial charge on any atom is -0.351 e. The Hall–Kier alpha value is -0.780. The molecule has 0 aromatic rings. The zero-order valence-electron chi connectivity index (χ0n) is 14.3. The third-order valence-electron chi connectivity index (χ3n) is 6.80. The van der Waals surface area contributed by atoms with Gasteiger partial charge in [0.15, 0.2) is 0 Å². The molecule has 134 valence electrons. The summed E-state index contributed by atoms with van der Waals surface area (Å²) in [5.74, 6) is 1.92. The minimum absolute atomic E-state index is 0.223. The lowest BCUT2D eigenvalue weighted by Gasteiger charge is -2.60. The molecule has 0 spiro atoms. The highest BCUT2D eigenvalue weighted by atomic mass is 79.9. The lowest BCUT2D eigenvalue weighted by molar-refractivity contribution is -0.138. The van der Waals surface area contributed by atoms with E-state index in [9.17, 15) is 9.59 Å². The lowest BCUT2D eigenvalue weighted by Crippen LogP contribution is -2.54. The van der Waals surface area contributed by atoms with E-state index in [0.29, 0.717) is 36.3 Å². The molecule has 24 heavy (non-hydrogen) atoms. The van der Waals surface area contributed by atoms with Gasteiger partial charge >= 0.3 is 6.03 Å². The topological polar surface area (TPSA) is 66.6 Å². The van der Waals surface area contributed by atoms with Crippen molar-refractivity contribution in [3.8, 4) is 0 Å².